The second-order valence-corrected chi connectivity index (χ2v) is 6.99. The second-order valence-electron chi connectivity index (χ2n) is 6.99. The molecule has 0 aromatic carbocycles. The van der Waals surface area contributed by atoms with E-state index in [4.69, 9.17) is 4.42 Å². The average Bonchev–Trinajstić information content (AvgIpc) is 2.87. The van der Waals surface area contributed by atoms with Crippen LogP contribution in [-0.4, -0.2) is 33.5 Å². The van der Waals surface area contributed by atoms with E-state index in [0.29, 0.717) is 18.4 Å². The van der Waals surface area contributed by atoms with Gasteiger partial charge in [-0.15, -0.1) is 0 Å². The summed E-state index contributed by atoms with van der Waals surface area (Å²) in [5, 5.41) is 9.44. The molecule has 1 aliphatic rings. The summed E-state index contributed by atoms with van der Waals surface area (Å²) in [5.74, 6) is 1.22. The quantitative estimate of drug-likeness (QED) is 0.924. The lowest BCUT2D eigenvalue weighted by molar-refractivity contribution is -0.146. The third-order valence-corrected chi connectivity index (χ3v) is 4.32. The number of carboxylic acid groups (broad SMARTS) is 1. The van der Waals surface area contributed by atoms with Gasteiger partial charge in [-0.2, -0.15) is 0 Å². The minimum atomic E-state index is -0.740. The van der Waals surface area contributed by atoms with Gasteiger partial charge in [0.25, 0.3) is 0 Å². The summed E-state index contributed by atoms with van der Waals surface area (Å²) >= 11 is 0. The van der Waals surface area contributed by atoms with Crippen LogP contribution in [0.3, 0.4) is 0 Å². The molecule has 1 aliphatic heterocycles. The number of carbonyl (C=O) groups is 1. The smallest absolute Gasteiger partial charge is 0.320 e. The van der Waals surface area contributed by atoms with E-state index in [1.54, 1.807) is 6.20 Å². The highest BCUT2D eigenvalue weighted by Crippen LogP contribution is 2.28. The van der Waals surface area contributed by atoms with E-state index in [1.807, 2.05) is 4.90 Å². The molecule has 5 nitrogen and oxygen atoms in total. The first-order valence-corrected chi connectivity index (χ1v) is 7.73. The van der Waals surface area contributed by atoms with E-state index < -0.39 is 12.0 Å². The third kappa shape index (κ3) is 3.84. The van der Waals surface area contributed by atoms with E-state index in [-0.39, 0.29) is 5.41 Å². The molecule has 2 rings (SSSR count). The molecule has 1 saturated heterocycles. The Bertz CT molecular complexity index is 490. The van der Waals surface area contributed by atoms with Crippen molar-refractivity contribution in [3.63, 3.8) is 0 Å². The molecule has 5 heteroatoms. The topological polar surface area (TPSA) is 66.6 Å². The van der Waals surface area contributed by atoms with Crippen LogP contribution in [0.4, 0.5) is 0 Å². The first-order valence-electron chi connectivity index (χ1n) is 7.73. The lowest BCUT2D eigenvalue weighted by atomic mass is 9.89. The number of aliphatic carboxylic acids is 1. The summed E-state index contributed by atoms with van der Waals surface area (Å²) in [7, 11) is 0. The number of aromatic nitrogens is 1. The minimum Gasteiger partial charge on any atom is -0.480 e. The number of piperidine rings is 1. The largest absolute Gasteiger partial charge is 0.480 e. The molecule has 0 amide bonds. The van der Waals surface area contributed by atoms with Gasteiger partial charge in [-0.3, -0.25) is 9.69 Å². The van der Waals surface area contributed by atoms with Crippen LogP contribution in [-0.2, 0) is 16.8 Å². The van der Waals surface area contributed by atoms with Gasteiger partial charge in [0.15, 0.2) is 0 Å². The van der Waals surface area contributed by atoms with Gasteiger partial charge in [-0.05, 0) is 25.3 Å². The van der Waals surface area contributed by atoms with Crippen molar-refractivity contribution >= 4 is 5.97 Å². The van der Waals surface area contributed by atoms with Crippen molar-refractivity contribution in [1.82, 2.24) is 9.88 Å². The van der Waals surface area contributed by atoms with Crippen LogP contribution in [0.5, 0.6) is 0 Å². The standard InChI is InChI=1S/C16H26N2O3/c1-5-11-6-7-18(12(8-11)15(19)20)10-14-17-9-13(21-14)16(2,3)4/h9,11-12H,5-8,10H2,1-4H3,(H,19,20). The molecule has 0 radical (unpaired) electrons. The zero-order valence-electron chi connectivity index (χ0n) is 13.4. The molecule has 2 heterocycles. The van der Waals surface area contributed by atoms with Gasteiger partial charge in [0.05, 0.1) is 12.7 Å². The number of hydrogen-bond donors (Lipinski definition) is 1. The Morgan fingerprint density at radius 1 is 1.52 bits per heavy atom. The summed E-state index contributed by atoms with van der Waals surface area (Å²) in [6, 6.07) is -0.423. The van der Waals surface area contributed by atoms with Crippen LogP contribution in [0.25, 0.3) is 0 Å². The van der Waals surface area contributed by atoms with Crippen molar-refractivity contribution in [2.75, 3.05) is 6.54 Å². The first-order chi connectivity index (χ1) is 9.81. The van der Waals surface area contributed by atoms with Gasteiger partial charge in [-0.25, -0.2) is 4.98 Å². The highest BCUT2D eigenvalue weighted by molar-refractivity contribution is 5.73. The molecule has 2 unspecified atom stereocenters. The van der Waals surface area contributed by atoms with Crippen LogP contribution < -0.4 is 0 Å². The SMILES string of the molecule is CCC1CCN(Cc2ncc(C(C)(C)C)o2)C(C(=O)O)C1. The fraction of sp³-hybridized carbons (Fsp3) is 0.750. The summed E-state index contributed by atoms with van der Waals surface area (Å²) in [5.41, 5.74) is -0.0767. The lowest BCUT2D eigenvalue weighted by Crippen LogP contribution is -2.46. The highest BCUT2D eigenvalue weighted by atomic mass is 16.4. The van der Waals surface area contributed by atoms with Crippen molar-refractivity contribution in [2.24, 2.45) is 5.92 Å². The van der Waals surface area contributed by atoms with Gasteiger partial charge in [0, 0.05) is 5.41 Å². The molecule has 1 fully saturated rings. The Labute approximate surface area is 126 Å². The van der Waals surface area contributed by atoms with Crippen molar-refractivity contribution in [3.05, 3.63) is 17.8 Å². The molecular weight excluding hydrogens is 268 g/mol. The maximum Gasteiger partial charge on any atom is 0.320 e. The summed E-state index contributed by atoms with van der Waals surface area (Å²) in [6.45, 7) is 9.62. The zero-order valence-corrected chi connectivity index (χ0v) is 13.4. The van der Waals surface area contributed by atoms with E-state index in [9.17, 15) is 9.90 Å². The number of likely N-dealkylation sites (tertiary alicyclic amines) is 1. The maximum atomic E-state index is 11.5. The molecule has 118 valence electrons. The van der Waals surface area contributed by atoms with E-state index in [0.717, 1.165) is 31.6 Å². The molecule has 0 aliphatic carbocycles. The summed E-state index contributed by atoms with van der Waals surface area (Å²) in [4.78, 5) is 17.8. The molecule has 21 heavy (non-hydrogen) atoms. The lowest BCUT2D eigenvalue weighted by Gasteiger charge is -2.36. The fourth-order valence-electron chi connectivity index (χ4n) is 2.81. The Hall–Kier alpha value is -1.36. The first kappa shape index (κ1) is 16.0. The fourth-order valence-corrected chi connectivity index (χ4v) is 2.81. The monoisotopic (exact) mass is 294 g/mol. The Morgan fingerprint density at radius 3 is 2.76 bits per heavy atom. The van der Waals surface area contributed by atoms with Crippen LogP contribution >= 0.6 is 0 Å². The molecule has 0 spiro atoms. The highest BCUT2D eigenvalue weighted by Gasteiger charge is 2.33. The van der Waals surface area contributed by atoms with Crippen LogP contribution in [0, 0.1) is 5.92 Å². The second kappa shape index (κ2) is 6.18. The van der Waals surface area contributed by atoms with Crippen molar-refractivity contribution in [3.8, 4) is 0 Å². The predicted octanol–water partition coefficient (Wildman–Crippen LogP) is 3.05. The Balaban J connectivity index is 2.07. The number of carboxylic acids is 1. The average molecular weight is 294 g/mol. The molecule has 0 bridgehead atoms. The minimum absolute atomic E-state index is 0.0767. The third-order valence-electron chi connectivity index (χ3n) is 4.32. The van der Waals surface area contributed by atoms with Crippen LogP contribution in [0.15, 0.2) is 10.6 Å². The summed E-state index contributed by atoms with van der Waals surface area (Å²) in [6.07, 6.45) is 4.57. The molecule has 1 N–H and O–H groups in total. The van der Waals surface area contributed by atoms with Gasteiger partial charge in [-0.1, -0.05) is 34.1 Å². The molecule has 1 aromatic rings. The molecule has 1 aromatic heterocycles. The van der Waals surface area contributed by atoms with Crippen molar-refractivity contribution in [1.29, 1.82) is 0 Å². The summed E-state index contributed by atoms with van der Waals surface area (Å²) < 4.78 is 5.79. The number of rotatable bonds is 4. The van der Waals surface area contributed by atoms with E-state index in [2.05, 4.69) is 32.7 Å². The van der Waals surface area contributed by atoms with Gasteiger partial charge in [0.2, 0.25) is 5.89 Å². The van der Waals surface area contributed by atoms with Crippen molar-refractivity contribution in [2.45, 2.75) is 65.0 Å². The number of nitrogens with zero attached hydrogens (tertiary/aromatic N) is 2. The van der Waals surface area contributed by atoms with Crippen molar-refractivity contribution < 1.29 is 14.3 Å². The Morgan fingerprint density at radius 2 is 2.24 bits per heavy atom. The van der Waals surface area contributed by atoms with Crippen LogP contribution in [0.2, 0.25) is 0 Å². The number of oxazole rings is 1. The van der Waals surface area contributed by atoms with E-state index in [1.165, 1.54) is 0 Å². The van der Waals surface area contributed by atoms with Gasteiger partial charge in [0.1, 0.15) is 11.8 Å². The number of hydrogen-bond acceptors (Lipinski definition) is 4. The molecule has 0 saturated carbocycles. The van der Waals surface area contributed by atoms with Crippen LogP contribution in [0.1, 0.15) is 58.6 Å². The maximum absolute atomic E-state index is 11.5. The van der Waals surface area contributed by atoms with Gasteiger partial charge < -0.3 is 9.52 Å². The molecular formula is C16H26N2O3. The predicted molar refractivity (Wildman–Crippen MR) is 80.1 cm³/mol. The molecule has 2 atom stereocenters. The van der Waals surface area contributed by atoms with Gasteiger partial charge >= 0.3 is 5.97 Å². The normalized spacial score (nSPS) is 24.2. The Kier molecular flexibility index (Phi) is 4.71. The van der Waals surface area contributed by atoms with E-state index >= 15 is 0 Å². The zero-order chi connectivity index (χ0) is 15.6.